The molecule has 0 aromatic heterocycles. The molecule has 1 aromatic carbocycles. The van der Waals surface area contributed by atoms with Gasteiger partial charge in [-0.3, -0.25) is 0 Å². The van der Waals surface area contributed by atoms with Crippen LogP contribution < -0.4 is 5.32 Å². The minimum absolute atomic E-state index is 0.748. The van der Waals surface area contributed by atoms with Gasteiger partial charge in [0.15, 0.2) is 0 Å². The average Bonchev–Trinajstić information content (AvgIpc) is 2.20. The first-order valence-corrected chi connectivity index (χ1v) is 6.78. The molecule has 0 aliphatic rings. The van der Waals surface area contributed by atoms with Crippen molar-refractivity contribution in [3.63, 3.8) is 0 Å². The summed E-state index contributed by atoms with van der Waals surface area (Å²) in [5.41, 5.74) is 5.82. The first kappa shape index (κ1) is 14.2. The molecule has 0 spiro atoms. The number of nitrogens with one attached hydrogen (secondary N) is 1. The largest absolute Gasteiger partial charge is 0.316 e. The molecule has 0 saturated heterocycles. The highest BCUT2D eigenvalue weighted by molar-refractivity contribution is 5.37. The third-order valence-electron chi connectivity index (χ3n) is 3.17. The molecule has 0 heterocycles. The molecule has 96 valence electrons. The Labute approximate surface area is 107 Å². The van der Waals surface area contributed by atoms with E-state index in [2.05, 4.69) is 52.1 Å². The number of hydrogen-bond acceptors (Lipinski definition) is 1. The molecule has 0 bridgehead atoms. The second-order valence-corrected chi connectivity index (χ2v) is 5.58. The number of aryl methyl sites for hydroxylation is 3. The lowest BCUT2D eigenvalue weighted by molar-refractivity contribution is 0.542. The normalized spacial score (nSPS) is 11.2. The fourth-order valence-electron chi connectivity index (χ4n) is 2.39. The van der Waals surface area contributed by atoms with Gasteiger partial charge in [-0.25, -0.2) is 0 Å². The molecule has 1 heteroatoms. The van der Waals surface area contributed by atoms with Gasteiger partial charge < -0.3 is 5.32 Å². The van der Waals surface area contributed by atoms with Crippen LogP contribution in [0.1, 0.15) is 42.5 Å². The summed E-state index contributed by atoms with van der Waals surface area (Å²) in [5.74, 6) is 0.748. The first-order chi connectivity index (χ1) is 8.00. The second kappa shape index (κ2) is 6.80. The van der Waals surface area contributed by atoms with Crippen LogP contribution in [0, 0.1) is 26.7 Å². The molecule has 17 heavy (non-hydrogen) atoms. The van der Waals surface area contributed by atoms with E-state index < -0.39 is 0 Å². The van der Waals surface area contributed by atoms with Crippen LogP contribution >= 0.6 is 0 Å². The zero-order valence-electron chi connectivity index (χ0n) is 12.1. The Balaban J connectivity index is 2.42. The zero-order valence-corrected chi connectivity index (χ0v) is 12.1. The molecular formula is C16H27N. The Morgan fingerprint density at radius 2 is 1.65 bits per heavy atom. The minimum atomic E-state index is 0.748. The molecule has 0 amide bonds. The predicted molar refractivity (Wildman–Crippen MR) is 76.7 cm³/mol. The van der Waals surface area contributed by atoms with E-state index in [4.69, 9.17) is 0 Å². The van der Waals surface area contributed by atoms with Crippen molar-refractivity contribution in [2.45, 2.75) is 47.5 Å². The highest BCUT2D eigenvalue weighted by Gasteiger charge is 2.03. The summed E-state index contributed by atoms with van der Waals surface area (Å²) in [6, 6.07) is 4.59. The molecule has 0 radical (unpaired) electrons. The summed E-state index contributed by atoms with van der Waals surface area (Å²) < 4.78 is 0. The van der Waals surface area contributed by atoms with Crippen LogP contribution in [-0.4, -0.2) is 13.1 Å². The van der Waals surface area contributed by atoms with Crippen LogP contribution in [0.2, 0.25) is 0 Å². The van der Waals surface area contributed by atoms with E-state index in [-0.39, 0.29) is 0 Å². The van der Waals surface area contributed by atoms with Crippen LogP contribution in [0.15, 0.2) is 12.1 Å². The smallest absolute Gasteiger partial charge is 0.00258 e. The van der Waals surface area contributed by atoms with E-state index in [1.54, 1.807) is 5.56 Å². The van der Waals surface area contributed by atoms with Gasteiger partial charge in [0.05, 0.1) is 0 Å². The maximum atomic E-state index is 3.51. The Hall–Kier alpha value is -0.820. The Morgan fingerprint density at radius 3 is 2.18 bits per heavy atom. The quantitative estimate of drug-likeness (QED) is 0.737. The van der Waals surface area contributed by atoms with Crippen LogP contribution in [0.4, 0.5) is 0 Å². The van der Waals surface area contributed by atoms with Crippen molar-refractivity contribution in [3.05, 3.63) is 34.4 Å². The molecule has 0 aliphatic heterocycles. The molecular weight excluding hydrogens is 206 g/mol. The molecule has 0 saturated carbocycles. The summed E-state index contributed by atoms with van der Waals surface area (Å²) in [6.07, 6.45) is 2.43. The number of benzene rings is 1. The van der Waals surface area contributed by atoms with Gasteiger partial charge >= 0.3 is 0 Å². The van der Waals surface area contributed by atoms with Crippen molar-refractivity contribution in [2.75, 3.05) is 13.1 Å². The van der Waals surface area contributed by atoms with Crippen molar-refractivity contribution in [2.24, 2.45) is 5.92 Å². The average molecular weight is 233 g/mol. The Kier molecular flexibility index (Phi) is 5.70. The summed E-state index contributed by atoms with van der Waals surface area (Å²) in [7, 11) is 0. The van der Waals surface area contributed by atoms with E-state index in [0.29, 0.717) is 0 Å². The van der Waals surface area contributed by atoms with Crippen molar-refractivity contribution in [1.82, 2.24) is 5.32 Å². The van der Waals surface area contributed by atoms with Crippen LogP contribution in [0.5, 0.6) is 0 Å². The first-order valence-electron chi connectivity index (χ1n) is 6.78. The Bertz CT molecular complexity index is 330. The molecule has 1 nitrogen and oxygen atoms in total. The van der Waals surface area contributed by atoms with Crippen LogP contribution in [-0.2, 0) is 6.42 Å². The van der Waals surface area contributed by atoms with Gasteiger partial charge in [0.25, 0.3) is 0 Å². The fourth-order valence-corrected chi connectivity index (χ4v) is 2.39. The van der Waals surface area contributed by atoms with Crippen molar-refractivity contribution < 1.29 is 0 Å². The summed E-state index contributed by atoms with van der Waals surface area (Å²) >= 11 is 0. The SMILES string of the molecule is Cc1cc(C)c(CCCNCC(C)C)c(C)c1. The van der Waals surface area contributed by atoms with E-state index in [0.717, 1.165) is 19.0 Å². The topological polar surface area (TPSA) is 12.0 Å². The summed E-state index contributed by atoms with van der Waals surface area (Å²) in [5, 5.41) is 3.51. The van der Waals surface area contributed by atoms with Gasteiger partial charge in [0, 0.05) is 0 Å². The van der Waals surface area contributed by atoms with E-state index in [1.807, 2.05) is 0 Å². The lowest BCUT2D eigenvalue weighted by atomic mass is 9.96. The number of hydrogen-bond donors (Lipinski definition) is 1. The molecule has 0 fully saturated rings. The highest BCUT2D eigenvalue weighted by Crippen LogP contribution is 2.17. The maximum Gasteiger partial charge on any atom is -0.00258 e. The van der Waals surface area contributed by atoms with Gasteiger partial charge in [-0.2, -0.15) is 0 Å². The molecule has 0 aliphatic carbocycles. The predicted octanol–water partition coefficient (Wildman–Crippen LogP) is 3.79. The molecule has 1 aromatic rings. The second-order valence-electron chi connectivity index (χ2n) is 5.58. The Morgan fingerprint density at radius 1 is 1.06 bits per heavy atom. The van der Waals surface area contributed by atoms with Crippen molar-refractivity contribution >= 4 is 0 Å². The van der Waals surface area contributed by atoms with Gasteiger partial charge in [-0.15, -0.1) is 0 Å². The summed E-state index contributed by atoms with van der Waals surface area (Å²) in [4.78, 5) is 0. The van der Waals surface area contributed by atoms with Crippen LogP contribution in [0.25, 0.3) is 0 Å². The fraction of sp³-hybridized carbons (Fsp3) is 0.625. The highest BCUT2D eigenvalue weighted by atomic mass is 14.8. The maximum absolute atomic E-state index is 3.51. The lowest BCUT2D eigenvalue weighted by Crippen LogP contribution is -2.21. The van der Waals surface area contributed by atoms with Crippen LogP contribution in [0.3, 0.4) is 0 Å². The molecule has 0 atom stereocenters. The molecule has 0 unspecified atom stereocenters. The van der Waals surface area contributed by atoms with Crippen molar-refractivity contribution in [1.29, 1.82) is 0 Å². The molecule has 1 rings (SSSR count). The summed E-state index contributed by atoms with van der Waals surface area (Å²) in [6.45, 7) is 13.4. The van der Waals surface area contributed by atoms with Gasteiger partial charge in [-0.1, -0.05) is 31.5 Å². The third kappa shape index (κ3) is 4.91. The number of rotatable bonds is 6. The van der Waals surface area contributed by atoms with Crippen molar-refractivity contribution in [3.8, 4) is 0 Å². The molecule has 1 N–H and O–H groups in total. The van der Waals surface area contributed by atoms with Gasteiger partial charge in [-0.05, 0) is 69.3 Å². The van der Waals surface area contributed by atoms with E-state index >= 15 is 0 Å². The monoisotopic (exact) mass is 233 g/mol. The standard InChI is InChI=1S/C16H27N/c1-12(2)11-17-8-6-7-16-14(4)9-13(3)10-15(16)5/h9-10,12,17H,6-8,11H2,1-5H3. The zero-order chi connectivity index (χ0) is 12.8. The van der Waals surface area contributed by atoms with E-state index in [9.17, 15) is 0 Å². The third-order valence-corrected chi connectivity index (χ3v) is 3.17. The minimum Gasteiger partial charge on any atom is -0.316 e. The van der Waals surface area contributed by atoms with E-state index in [1.165, 1.54) is 29.5 Å². The lowest BCUT2D eigenvalue weighted by Gasteiger charge is -2.12. The van der Waals surface area contributed by atoms with Gasteiger partial charge in [0.1, 0.15) is 0 Å². The van der Waals surface area contributed by atoms with Gasteiger partial charge in [0.2, 0.25) is 0 Å².